The molecule has 30 heavy (non-hydrogen) atoms. The molecule has 2 aromatic rings. The molecule has 1 aliphatic heterocycles. The summed E-state index contributed by atoms with van der Waals surface area (Å²) in [6.07, 6.45) is 2.55. The van der Waals surface area contributed by atoms with Crippen LogP contribution in [0.3, 0.4) is 0 Å². The molecule has 1 aliphatic rings. The maximum atomic E-state index is 14.1. The van der Waals surface area contributed by atoms with E-state index < -0.39 is 12.4 Å². The molecule has 3 rings (SSSR count). The van der Waals surface area contributed by atoms with Gasteiger partial charge in [0.05, 0.1) is 0 Å². The Bertz CT molecular complexity index is 837. The zero-order valence-corrected chi connectivity index (χ0v) is 17.0. The Morgan fingerprint density at radius 2 is 1.70 bits per heavy atom. The molecule has 0 atom stereocenters. The normalized spacial score (nSPS) is 14.9. The van der Waals surface area contributed by atoms with Crippen molar-refractivity contribution in [3.63, 3.8) is 0 Å². The van der Waals surface area contributed by atoms with Crippen LogP contribution < -0.4 is 15.4 Å². The van der Waals surface area contributed by atoms with E-state index in [4.69, 9.17) is 0 Å². The van der Waals surface area contributed by atoms with Crippen LogP contribution in [0.1, 0.15) is 29.5 Å². The number of benzene rings is 2. The molecule has 2 aromatic carbocycles. The fourth-order valence-corrected chi connectivity index (χ4v) is 3.46. The molecule has 1 heterocycles. The lowest BCUT2D eigenvalue weighted by Crippen LogP contribution is -2.36. The van der Waals surface area contributed by atoms with E-state index in [1.807, 2.05) is 0 Å². The lowest BCUT2D eigenvalue weighted by molar-refractivity contribution is -0.0506. The number of alkyl halides is 2. The van der Waals surface area contributed by atoms with Crippen LogP contribution in [0, 0.1) is 5.82 Å². The van der Waals surface area contributed by atoms with E-state index >= 15 is 0 Å². The maximum absolute atomic E-state index is 14.1. The minimum absolute atomic E-state index is 0.0204. The van der Waals surface area contributed by atoms with Gasteiger partial charge in [0.25, 0.3) is 0 Å². The number of halogens is 3. The Kier molecular flexibility index (Phi) is 7.96. The number of hydrogen-bond acceptors (Lipinski definition) is 3. The largest absolute Gasteiger partial charge is 0.434 e. The number of guanidine groups is 1. The Labute approximate surface area is 174 Å². The van der Waals surface area contributed by atoms with Gasteiger partial charge in [-0.2, -0.15) is 8.78 Å². The number of nitrogens with zero attached hydrogens (tertiary/aromatic N) is 2. The molecule has 5 nitrogen and oxygen atoms in total. The highest BCUT2D eigenvalue weighted by Crippen LogP contribution is 2.23. The van der Waals surface area contributed by atoms with Crippen molar-refractivity contribution in [2.75, 3.05) is 20.1 Å². The van der Waals surface area contributed by atoms with Gasteiger partial charge >= 0.3 is 6.61 Å². The lowest BCUT2D eigenvalue weighted by atomic mass is 10.1. The summed E-state index contributed by atoms with van der Waals surface area (Å²) in [6, 6.07) is 12.2. The summed E-state index contributed by atoms with van der Waals surface area (Å²) >= 11 is 0. The predicted octanol–water partition coefficient (Wildman–Crippen LogP) is 3.89. The summed E-state index contributed by atoms with van der Waals surface area (Å²) in [5, 5.41) is 6.08. The van der Waals surface area contributed by atoms with Gasteiger partial charge in [-0.05, 0) is 49.2 Å². The Morgan fingerprint density at radius 3 is 2.37 bits per heavy atom. The van der Waals surface area contributed by atoms with E-state index in [2.05, 4.69) is 49.5 Å². The predicted molar refractivity (Wildman–Crippen MR) is 111 cm³/mol. The monoisotopic (exact) mass is 420 g/mol. The molecule has 162 valence electrons. The van der Waals surface area contributed by atoms with Gasteiger partial charge < -0.3 is 15.4 Å². The molecule has 0 saturated carbocycles. The summed E-state index contributed by atoms with van der Waals surface area (Å²) in [5.74, 6) is -0.381. The van der Waals surface area contributed by atoms with Crippen molar-refractivity contribution in [2.45, 2.75) is 39.1 Å². The highest BCUT2D eigenvalue weighted by molar-refractivity contribution is 5.79. The first-order chi connectivity index (χ1) is 14.5. The summed E-state index contributed by atoms with van der Waals surface area (Å²) in [5.41, 5.74) is 2.39. The highest BCUT2D eigenvalue weighted by Gasteiger charge is 2.14. The molecule has 0 bridgehead atoms. The van der Waals surface area contributed by atoms with Crippen molar-refractivity contribution in [2.24, 2.45) is 4.99 Å². The van der Waals surface area contributed by atoms with E-state index in [1.54, 1.807) is 7.05 Å². The highest BCUT2D eigenvalue weighted by atomic mass is 19.3. The average molecular weight is 420 g/mol. The van der Waals surface area contributed by atoms with E-state index in [-0.39, 0.29) is 17.9 Å². The lowest BCUT2D eigenvalue weighted by Gasteiger charge is -2.16. The average Bonchev–Trinajstić information content (AvgIpc) is 3.23. The zero-order chi connectivity index (χ0) is 21.3. The van der Waals surface area contributed by atoms with Gasteiger partial charge in [-0.1, -0.05) is 30.3 Å². The number of ether oxygens (including phenoxy) is 1. The molecule has 1 saturated heterocycles. The summed E-state index contributed by atoms with van der Waals surface area (Å²) < 4.78 is 43.6. The summed E-state index contributed by atoms with van der Waals surface area (Å²) in [6.45, 7) is 0.776. The van der Waals surface area contributed by atoms with E-state index in [9.17, 15) is 13.2 Å². The number of aliphatic imine (C=N–C) groups is 1. The smallest absolute Gasteiger partial charge is 0.387 e. The summed E-state index contributed by atoms with van der Waals surface area (Å²) in [4.78, 5) is 6.55. The molecule has 2 N–H and O–H groups in total. The van der Waals surface area contributed by atoms with Crippen LogP contribution in [-0.2, 0) is 19.6 Å². The van der Waals surface area contributed by atoms with Crippen LogP contribution in [0.25, 0.3) is 0 Å². The molecule has 0 spiro atoms. The van der Waals surface area contributed by atoms with Crippen LogP contribution in [0.15, 0.2) is 47.5 Å². The van der Waals surface area contributed by atoms with Crippen molar-refractivity contribution in [3.8, 4) is 5.75 Å². The summed E-state index contributed by atoms with van der Waals surface area (Å²) in [7, 11) is 1.59. The second-order valence-corrected chi connectivity index (χ2v) is 7.17. The molecule has 0 unspecified atom stereocenters. The van der Waals surface area contributed by atoms with Crippen molar-refractivity contribution >= 4 is 5.96 Å². The quantitative estimate of drug-likeness (QED) is 0.503. The number of likely N-dealkylation sites (tertiary alicyclic amines) is 1. The molecule has 8 heteroatoms. The minimum atomic E-state index is -3.02. The van der Waals surface area contributed by atoms with E-state index in [0.717, 1.165) is 25.2 Å². The Morgan fingerprint density at radius 1 is 1.03 bits per heavy atom. The van der Waals surface area contributed by atoms with Crippen LogP contribution in [0.4, 0.5) is 13.2 Å². The third-order valence-corrected chi connectivity index (χ3v) is 5.04. The van der Waals surface area contributed by atoms with Crippen molar-refractivity contribution in [1.29, 1.82) is 0 Å². The van der Waals surface area contributed by atoms with Crippen molar-refractivity contribution in [1.82, 2.24) is 15.5 Å². The van der Waals surface area contributed by atoms with Gasteiger partial charge in [-0.3, -0.25) is 9.89 Å². The van der Waals surface area contributed by atoms with Crippen molar-refractivity contribution in [3.05, 3.63) is 65.0 Å². The molecule has 0 aromatic heterocycles. The zero-order valence-electron chi connectivity index (χ0n) is 17.0. The first-order valence-corrected chi connectivity index (χ1v) is 10.0. The molecule has 0 radical (unpaired) electrons. The molecule has 0 amide bonds. The second kappa shape index (κ2) is 10.9. The van der Waals surface area contributed by atoms with Gasteiger partial charge in [0.15, 0.2) is 5.96 Å². The van der Waals surface area contributed by atoms with Crippen LogP contribution >= 0.6 is 0 Å². The third-order valence-electron chi connectivity index (χ3n) is 5.04. The first kappa shape index (κ1) is 22.0. The van der Waals surface area contributed by atoms with Crippen molar-refractivity contribution < 1.29 is 17.9 Å². The fraction of sp³-hybridized carbons (Fsp3) is 0.409. The van der Waals surface area contributed by atoms with Gasteiger partial charge in [0.1, 0.15) is 11.6 Å². The van der Waals surface area contributed by atoms with Gasteiger partial charge in [-0.25, -0.2) is 4.39 Å². The number of hydrogen-bond donors (Lipinski definition) is 2. The second-order valence-electron chi connectivity index (χ2n) is 7.17. The molecular weight excluding hydrogens is 393 g/mol. The molecule has 1 fully saturated rings. The SMILES string of the molecule is CN=C(NCc1ccc(CN2CCCC2)cc1)NCc1c(F)cccc1OC(F)F. The number of nitrogens with one attached hydrogen (secondary N) is 2. The van der Waals surface area contributed by atoms with Gasteiger partial charge in [0, 0.05) is 32.2 Å². The van der Waals surface area contributed by atoms with Crippen LogP contribution in [0.2, 0.25) is 0 Å². The van der Waals surface area contributed by atoms with Gasteiger partial charge in [0.2, 0.25) is 0 Å². The van der Waals surface area contributed by atoms with Crippen LogP contribution in [-0.4, -0.2) is 37.6 Å². The standard InChI is InChI=1S/C22H27F3N4O/c1-26-22(28-14-18-19(23)5-4-6-20(18)30-21(24)25)27-13-16-7-9-17(10-8-16)15-29-11-2-3-12-29/h4-10,21H,2-3,11-15H2,1H3,(H2,26,27,28). The van der Waals surface area contributed by atoms with E-state index in [0.29, 0.717) is 12.5 Å². The van der Waals surface area contributed by atoms with Gasteiger partial charge in [-0.15, -0.1) is 0 Å². The first-order valence-electron chi connectivity index (χ1n) is 10.0. The topological polar surface area (TPSA) is 48.9 Å². The van der Waals surface area contributed by atoms with Crippen LogP contribution in [0.5, 0.6) is 5.75 Å². The molecule has 0 aliphatic carbocycles. The number of rotatable bonds is 8. The maximum Gasteiger partial charge on any atom is 0.387 e. The van der Waals surface area contributed by atoms with E-state index in [1.165, 1.54) is 36.6 Å². The minimum Gasteiger partial charge on any atom is -0.434 e. The third kappa shape index (κ3) is 6.38. The Hall–Kier alpha value is -2.74. The Balaban J connectivity index is 1.52. The molecular formula is C22H27F3N4O. The fourth-order valence-electron chi connectivity index (χ4n) is 3.46.